The molecule has 4 aromatic carbocycles. The van der Waals surface area contributed by atoms with Gasteiger partial charge in [0.25, 0.3) is 0 Å². The molecule has 12 heteroatoms. The molecule has 0 aromatic heterocycles. The smallest absolute Gasteiger partial charge is 0.335 e. The van der Waals surface area contributed by atoms with E-state index in [9.17, 15) is 9.59 Å². The number of benzene rings is 4. The number of carboxylic acids is 2. The molecule has 0 unspecified atom stereocenters. The van der Waals surface area contributed by atoms with E-state index >= 15 is 0 Å². The van der Waals surface area contributed by atoms with Crippen LogP contribution in [0.3, 0.4) is 0 Å². The monoisotopic (exact) mass is 1270 g/mol. The minimum atomic E-state index is -0.879. The van der Waals surface area contributed by atoms with Crippen LogP contribution in [0.5, 0.6) is 23.0 Å². The fraction of sp³-hybridized carbons (Fsp3) is 0.500. The molecule has 6 aliphatic rings. The van der Waals surface area contributed by atoms with Gasteiger partial charge in [0.1, 0.15) is 10.6 Å². The maximum absolute atomic E-state index is 10.2. The molecule has 10 rings (SSSR count). The molecule has 4 aromatic rings. The molecule has 2 aliphatic heterocycles. The van der Waals surface area contributed by atoms with Gasteiger partial charge in [0, 0.05) is 60.6 Å². The predicted molar refractivity (Wildman–Crippen MR) is 254 cm³/mol. The normalized spacial score (nSPS) is 18.7. The Bertz CT molecular complexity index is 1900. The summed E-state index contributed by atoms with van der Waals surface area (Å²) in [5.74, 6) is 2.13. The summed E-state index contributed by atoms with van der Waals surface area (Å²) < 4.78 is 25.4. The third-order valence-corrected chi connectivity index (χ3v) is 22.1. The number of ether oxygens (including phenoxy) is 4. The Kier molecular flexibility index (Phi) is 20.2. The van der Waals surface area contributed by atoms with Crippen molar-refractivity contribution in [2.24, 2.45) is 0 Å². The summed E-state index contributed by atoms with van der Waals surface area (Å²) in [5.41, 5.74) is 6.83. The van der Waals surface area contributed by atoms with Gasteiger partial charge in [0.05, 0.1) is 44.9 Å². The quantitative estimate of drug-likeness (QED) is 0.126. The van der Waals surface area contributed by atoms with Gasteiger partial charge in [-0.3, -0.25) is 0 Å². The summed E-state index contributed by atoms with van der Waals surface area (Å²) >= 11 is 0. The number of carboxylic acid groups (broad SMARTS) is 2. The standard InChI is InChI=1S/C38H52O4P2.2C7H6O2.2Au/c1-5-13-27(14-6-1)43(28-15-7-2-8-16-28)33-23-21-31-37(41-25-39-31)35(33)36-34(24-22-32-38(36)42-26-40-32)44(29-17-9-3-10-18-29)30-19-11-4-12-20-30;2*8-7(9)6-4-2-1-3-5-6;;/h21-24,27-30H,1-20,25-26H2;2*1-5H,(H,8,9);;/p+2. The number of aromatic carboxylic acids is 2. The van der Waals surface area contributed by atoms with E-state index in [1.807, 2.05) is 0 Å². The first-order valence-corrected chi connectivity index (χ1v) is 26.9. The van der Waals surface area contributed by atoms with Crippen LogP contribution in [-0.2, 0) is 44.8 Å². The van der Waals surface area contributed by atoms with Gasteiger partial charge >= 0.3 is 11.9 Å². The molecule has 2 N–H and O–H groups in total. The Labute approximate surface area is 413 Å². The zero-order valence-electron chi connectivity index (χ0n) is 36.9. The van der Waals surface area contributed by atoms with Crippen LogP contribution in [0.15, 0.2) is 84.9 Å². The van der Waals surface area contributed by atoms with Crippen molar-refractivity contribution in [3.8, 4) is 34.1 Å². The molecule has 0 amide bonds. The van der Waals surface area contributed by atoms with Crippen molar-refractivity contribution in [3.63, 3.8) is 0 Å². The fourth-order valence-electron chi connectivity index (χ4n) is 11.3. The van der Waals surface area contributed by atoms with E-state index in [-0.39, 0.29) is 44.8 Å². The van der Waals surface area contributed by atoms with Crippen molar-refractivity contribution >= 4 is 38.4 Å². The van der Waals surface area contributed by atoms with Gasteiger partial charge in [-0.25, -0.2) is 9.59 Å². The van der Waals surface area contributed by atoms with Crippen LogP contribution in [0.4, 0.5) is 0 Å². The zero-order valence-corrected chi connectivity index (χ0v) is 43.2. The molecular weight excluding hydrogens is 1210 g/mol. The minimum absolute atomic E-state index is 0. The second-order valence-electron chi connectivity index (χ2n) is 18.0. The number of hydrogen-bond donors (Lipinski definition) is 2. The third-order valence-electron chi connectivity index (χ3n) is 14.2. The van der Waals surface area contributed by atoms with Crippen LogP contribution < -0.4 is 29.6 Å². The van der Waals surface area contributed by atoms with Crippen molar-refractivity contribution in [2.75, 3.05) is 13.6 Å². The van der Waals surface area contributed by atoms with Crippen molar-refractivity contribution in [1.82, 2.24) is 0 Å². The third kappa shape index (κ3) is 12.5. The average Bonchev–Trinajstić information content (AvgIpc) is 4.03. The predicted octanol–water partition coefficient (Wildman–Crippen LogP) is 12.6. The summed E-state index contributed by atoms with van der Waals surface area (Å²) in [7, 11) is -1.70. The van der Waals surface area contributed by atoms with Crippen LogP contribution in [-0.4, -0.2) is 58.4 Å². The molecule has 0 bridgehead atoms. The summed E-state index contributed by atoms with van der Waals surface area (Å²) in [6, 6.07) is 26.2. The SMILES string of the molecule is O=C(O)c1ccccc1.O=C(O)c1ccccc1.[Au].[Au].c1cc([PH+](C2CCCCC2)C2CCCCC2)c(-c2c([PH+](C3CCCCC3)C3CCCCC3)ccc3c2OCO3)c2c1OCO2. The molecule has 2 heterocycles. The zero-order chi connectivity index (χ0) is 42.7. The summed E-state index contributed by atoms with van der Waals surface area (Å²) in [4.78, 5) is 20.4. The Morgan fingerprint density at radius 1 is 0.406 bits per heavy atom. The molecule has 0 saturated heterocycles. The van der Waals surface area contributed by atoms with Crippen molar-refractivity contribution in [1.29, 1.82) is 0 Å². The Hall–Kier alpha value is -2.64. The molecule has 4 fully saturated rings. The van der Waals surface area contributed by atoms with Crippen LogP contribution in [0.25, 0.3) is 11.1 Å². The Morgan fingerprint density at radius 3 is 0.969 bits per heavy atom. The Balaban J connectivity index is 0.000000284. The summed E-state index contributed by atoms with van der Waals surface area (Å²) in [6.45, 7) is 0.650. The largest absolute Gasteiger partial charge is 0.478 e. The first kappa shape index (κ1) is 50.8. The van der Waals surface area contributed by atoms with Gasteiger partial charge in [-0.2, -0.15) is 0 Å². The van der Waals surface area contributed by atoms with Crippen molar-refractivity contribution in [3.05, 3.63) is 96.1 Å². The van der Waals surface area contributed by atoms with Crippen LogP contribution >= 0.6 is 15.8 Å². The number of carbonyl (C=O) groups is 2. The van der Waals surface area contributed by atoms with Gasteiger partial charge < -0.3 is 29.2 Å². The average molecular weight is 1270 g/mol. The van der Waals surface area contributed by atoms with E-state index < -0.39 is 27.8 Å². The van der Waals surface area contributed by atoms with Gasteiger partial charge in [0.15, 0.2) is 23.0 Å². The summed E-state index contributed by atoms with van der Waals surface area (Å²) in [5, 5.41) is 20.0. The summed E-state index contributed by atoms with van der Waals surface area (Å²) in [6.07, 6.45) is 28.2. The molecule has 8 nitrogen and oxygen atoms in total. The van der Waals surface area contributed by atoms with Gasteiger partial charge in [-0.05, 0) is 151 Å². The topological polar surface area (TPSA) is 112 Å². The fourth-order valence-corrected chi connectivity index (χ4v) is 20.1. The molecule has 0 atom stereocenters. The van der Waals surface area contributed by atoms with Crippen molar-refractivity contribution < 1.29 is 83.5 Å². The molecular formula is C52H66Au2O8P2+2. The van der Waals surface area contributed by atoms with E-state index in [1.165, 1.54) is 140 Å². The van der Waals surface area contributed by atoms with Crippen molar-refractivity contribution in [2.45, 2.75) is 151 Å². The maximum atomic E-state index is 10.2. The molecule has 4 aliphatic carbocycles. The second-order valence-corrected chi connectivity index (χ2v) is 24.2. The van der Waals surface area contributed by atoms with E-state index in [1.54, 1.807) is 71.3 Å². The van der Waals surface area contributed by atoms with E-state index in [4.69, 9.17) is 29.2 Å². The Morgan fingerprint density at radius 2 is 0.703 bits per heavy atom. The van der Waals surface area contributed by atoms with E-state index in [2.05, 4.69) is 24.3 Å². The van der Waals surface area contributed by atoms with Gasteiger partial charge in [0.2, 0.25) is 13.6 Å². The van der Waals surface area contributed by atoms with Crippen LogP contribution in [0.1, 0.15) is 149 Å². The molecule has 64 heavy (non-hydrogen) atoms. The first-order chi connectivity index (χ1) is 30.5. The van der Waals surface area contributed by atoms with E-state index in [0.29, 0.717) is 24.7 Å². The van der Waals surface area contributed by atoms with Crippen LogP contribution in [0.2, 0.25) is 0 Å². The number of hydrogen-bond acceptors (Lipinski definition) is 6. The minimum Gasteiger partial charge on any atom is -0.478 e. The van der Waals surface area contributed by atoms with Gasteiger partial charge in [-0.15, -0.1) is 0 Å². The van der Waals surface area contributed by atoms with E-state index in [0.717, 1.165) is 45.6 Å². The molecule has 2 radical (unpaired) electrons. The second kappa shape index (κ2) is 25.5. The van der Waals surface area contributed by atoms with Crippen LogP contribution in [0, 0.1) is 0 Å². The number of fused-ring (bicyclic) bond motifs is 2. The number of rotatable bonds is 9. The maximum Gasteiger partial charge on any atom is 0.335 e. The molecule has 352 valence electrons. The molecule has 0 spiro atoms. The van der Waals surface area contributed by atoms with Gasteiger partial charge in [-0.1, -0.05) is 62.1 Å². The first-order valence-electron chi connectivity index (χ1n) is 23.6. The molecule has 4 saturated carbocycles.